The molecule has 128 valence electrons. The van der Waals surface area contributed by atoms with E-state index in [9.17, 15) is 4.79 Å². The Balaban J connectivity index is 1.74. The second-order valence-corrected chi connectivity index (χ2v) is 6.29. The molecule has 0 spiro atoms. The van der Waals surface area contributed by atoms with Crippen LogP contribution in [-0.2, 0) is 6.42 Å². The van der Waals surface area contributed by atoms with Gasteiger partial charge in [-0.25, -0.2) is 0 Å². The molecule has 0 aliphatic rings. The van der Waals surface area contributed by atoms with E-state index in [1.165, 1.54) is 5.56 Å². The number of pyridine rings is 1. The molecule has 0 fully saturated rings. The highest BCUT2D eigenvalue weighted by molar-refractivity contribution is 5.95. The lowest BCUT2D eigenvalue weighted by molar-refractivity contribution is 0.0953. The first-order valence-corrected chi connectivity index (χ1v) is 8.50. The number of nitrogens with one attached hydrogen (secondary N) is 1. The maximum atomic E-state index is 12.6. The number of carbonyl (C=O) groups is 1. The quantitative estimate of drug-likeness (QED) is 0.772. The summed E-state index contributed by atoms with van der Waals surface area (Å²) in [6, 6.07) is 16.1. The standard InChI is InChI=1S/C21H23N3O/c1-15-7-6-9-19(13-15)24-16(2)14-20(17(24)3)21(25)23-12-10-18-8-4-5-11-22-18/h4-9,11,13-14H,10,12H2,1-3H3,(H,23,25). The van der Waals surface area contributed by atoms with Crippen LogP contribution in [0.3, 0.4) is 0 Å². The number of hydrogen-bond acceptors (Lipinski definition) is 2. The van der Waals surface area contributed by atoms with Gasteiger partial charge in [0.05, 0.1) is 5.56 Å². The topological polar surface area (TPSA) is 46.9 Å². The summed E-state index contributed by atoms with van der Waals surface area (Å²) in [6.45, 7) is 6.66. The molecule has 0 unspecified atom stereocenters. The third kappa shape index (κ3) is 3.79. The van der Waals surface area contributed by atoms with E-state index in [-0.39, 0.29) is 5.91 Å². The van der Waals surface area contributed by atoms with Crippen LogP contribution in [0.1, 0.15) is 33.0 Å². The van der Waals surface area contributed by atoms with Crippen molar-refractivity contribution in [3.05, 3.63) is 82.9 Å². The molecule has 0 aliphatic carbocycles. The van der Waals surface area contributed by atoms with Crippen molar-refractivity contribution in [1.82, 2.24) is 14.9 Å². The van der Waals surface area contributed by atoms with Gasteiger partial charge in [-0.05, 0) is 56.7 Å². The van der Waals surface area contributed by atoms with Crippen LogP contribution in [0.15, 0.2) is 54.7 Å². The molecule has 3 rings (SSSR count). The fourth-order valence-electron chi connectivity index (χ4n) is 3.10. The highest BCUT2D eigenvalue weighted by atomic mass is 16.1. The van der Waals surface area contributed by atoms with Crippen LogP contribution >= 0.6 is 0 Å². The largest absolute Gasteiger partial charge is 0.352 e. The molecule has 3 aromatic rings. The number of rotatable bonds is 5. The van der Waals surface area contributed by atoms with Gasteiger partial charge in [0, 0.05) is 41.9 Å². The SMILES string of the molecule is Cc1cccc(-n2c(C)cc(C(=O)NCCc3ccccn3)c2C)c1. The zero-order chi connectivity index (χ0) is 17.8. The maximum Gasteiger partial charge on any atom is 0.253 e. The lowest BCUT2D eigenvalue weighted by atomic mass is 10.2. The number of carbonyl (C=O) groups excluding carboxylic acids is 1. The molecular formula is C21H23N3O. The summed E-state index contributed by atoms with van der Waals surface area (Å²) in [5.41, 5.74) is 6.00. The van der Waals surface area contributed by atoms with Crippen molar-refractivity contribution in [2.24, 2.45) is 0 Å². The van der Waals surface area contributed by atoms with E-state index < -0.39 is 0 Å². The lowest BCUT2D eigenvalue weighted by Crippen LogP contribution is -2.26. The molecule has 0 saturated carbocycles. The van der Waals surface area contributed by atoms with E-state index in [1.807, 2.05) is 44.2 Å². The number of aromatic nitrogens is 2. The van der Waals surface area contributed by atoms with E-state index >= 15 is 0 Å². The second-order valence-electron chi connectivity index (χ2n) is 6.29. The smallest absolute Gasteiger partial charge is 0.253 e. The van der Waals surface area contributed by atoms with Crippen molar-refractivity contribution in [2.75, 3.05) is 6.54 Å². The number of benzene rings is 1. The van der Waals surface area contributed by atoms with E-state index in [0.717, 1.165) is 34.8 Å². The molecule has 0 aliphatic heterocycles. The zero-order valence-electron chi connectivity index (χ0n) is 14.9. The molecule has 25 heavy (non-hydrogen) atoms. The van der Waals surface area contributed by atoms with Gasteiger partial charge in [0.25, 0.3) is 5.91 Å². The third-order valence-corrected chi connectivity index (χ3v) is 4.33. The van der Waals surface area contributed by atoms with Crippen molar-refractivity contribution >= 4 is 5.91 Å². The van der Waals surface area contributed by atoms with E-state index in [1.54, 1.807) is 6.20 Å². The average molecular weight is 333 g/mol. The molecule has 4 heteroatoms. The summed E-state index contributed by atoms with van der Waals surface area (Å²) < 4.78 is 2.13. The van der Waals surface area contributed by atoms with Gasteiger partial charge in [-0.1, -0.05) is 18.2 Å². The van der Waals surface area contributed by atoms with Gasteiger partial charge in [-0.2, -0.15) is 0 Å². The lowest BCUT2D eigenvalue weighted by Gasteiger charge is -2.11. The minimum atomic E-state index is -0.0389. The Hall–Kier alpha value is -2.88. The minimum Gasteiger partial charge on any atom is -0.352 e. The Morgan fingerprint density at radius 2 is 1.92 bits per heavy atom. The second kappa shape index (κ2) is 7.34. The predicted octanol–water partition coefficient (Wildman–Crippen LogP) is 3.77. The summed E-state index contributed by atoms with van der Waals surface area (Å²) in [5, 5.41) is 3.00. The molecule has 4 nitrogen and oxygen atoms in total. The van der Waals surface area contributed by atoms with Crippen LogP contribution in [0.2, 0.25) is 0 Å². The Bertz CT molecular complexity index is 881. The molecule has 0 radical (unpaired) electrons. The van der Waals surface area contributed by atoms with E-state index in [0.29, 0.717) is 6.54 Å². The Kier molecular flexibility index (Phi) is 4.98. The molecule has 2 aromatic heterocycles. The van der Waals surface area contributed by atoms with Crippen LogP contribution in [-0.4, -0.2) is 22.0 Å². The van der Waals surface area contributed by atoms with Gasteiger partial charge in [0.1, 0.15) is 0 Å². The molecule has 1 N–H and O–H groups in total. The molecule has 1 amide bonds. The van der Waals surface area contributed by atoms with Gasteiger partial charge in [0.15, 0.2) is 0 Å². The molecule has 0 atom stereocenters. The molecule has 2 heterocycles. The Morgan fingerprint density at radius 1 is 1.08 bits per heavy atom. The van der Waals surface area contributed by atoms with Gasteiger partial charge in [-0.3, -0.25) is 9.78 Å². The minimum absolute atomic E-state index is 0.0389. The summed E-state index contributed by atoms with van der Waals surface area (Å²) in [4.78, 5) is 16.9. The first-order chi connectivity index (χ1) is 12.1. The monoisotopic (exact) mass is 333 g/mol. The maximum absolute atomic E-state index is 12.6. The van der Waals surface area contributed by atoms with Crippen LogP contribution in [0.5, 0.6) is 0 Å². The third-order valence-electron chi connectivity index (χ3n) is 4.33. The fraction of sp³-hybridized carbons (Fsp3) is 0.238. The van der Waals surface area contributed by atoms with Crippen LogP contribution in [0.25, 0.3) is 5.69 Å². The highest BCUT2D eigenvalue weighted by Crippen LogP contribution is 2.21. The van der Waals surface area contributed by atoms with E-state index in [2.05, 4.69) is 40.0 Å². The van der Waals surface area contributed by atoms with Crippen LogP contribution in [0, 0.1) is 20.8 Å². The number of nitrogens with zero attached hydrogens (tertiary/aromatic N) is 2. The van der Waals surface area contributed by atoms with E-state index in [4.69, 9.17) is 0 Å². The molecule has 0 saturated heterocycles. The first kappa shape index (κ1) is 17.0. The van der Waals surface area contributed by atoms with Gasteiger partial charge < -0.3 is 9.88 Å². The van der Waals surface area contributed by atoms with Crippen molar-refractivity contribution in [1.29, 1.82) is 0 Å². The number of hydrogen-bond donors (Lipinski definition) is 1. The van der Waals surface area contributed by atoms with Crippen LogP contribution in [0.4, 0.5) is 0 Å². The van der Waals surface area contributed by atoms with Crippen molar-refractivity contribution < 1.29 is 4.79 Å². The summed E-state index contributed by atoms with van der Waals surface area (Å²) >= 11 is 0. The summed E-state index contributed by atoms with van der Waals surface area (Å²) in [5.74, 6) is -0.0389. The number of amides is 1. The van der Waals surface area contributed by atoms with Crippen molar-refractivity contribution in [2.45, 2.75) is 27.2 Å². The van der Waals surface area contributed by atoms with Crippen molar-refractivity contribution in [3.8, 4) is 5.69 Å². The van der Waals surface area contributed by atoms with Crippen molar-refractivity contribution in [3.63, 3.8) is 0 Å². The Labute approximate surface area is 148 Å². The predicted molar refractivity (Wildman–Crippen MR) is 100 cm³/mol. The highest BCUT2D eigenvalue weighted by Gasteiger charge is 2.16. The first-order valence-electron chi connectivity index (χ1n) is 8.50. The fourth-order valence-corrected chi connectivity index (χ4v) is 3.10. The molecule has 1 aromatic carbocycles. The van der Waals surface area contributed by atoms with Crippen LogP contribution < -0.4 is 5.32 Å². The van der Waals surface area contributed by atoms with Gasteiger partial charge >= 0.3 is 0 Å². The van der Waals surface area contributed by atoms with Gasteiger partial charge in [-0.15, -0.1) is 0 Å². The zero-order valence-corrected chi connectivity index (χ0v) is 14.9. The molecular weight excluding hydrogens is 310 g/mol. The summed E-state index contributed by atoms with van der Waals surface area (Å²) in [7, 11) is 0. The Morgan fingerprint density at radius 3 is 2.64 bits per heavy atom. The van der Waals surface area contributed by atoms with Gasteiger partial charge in [0.2, 0.25) is 0 Å². The normalized spacial score (nSPS) is 10.7. The summed E-state index contributed by atoms with van der Waals surface area (Å²) in [6.07, 6.45) is 2.50. The number of aryl methyl sites for hydroxylation is 2. The average Bonchev–Trinajstić information content (AvgIpc) is 2.90. The molecule has 0 bridgehead atoms.